The number of thiophene rings is 1. The van der Waals surface area contributed by atoms with Gasteiger partial charge < -0.3 is 9.15 Å². The molecule has 0 amide bonds. The zero-order valence-corrected chi connectivity index (χ0v) is 18.7. The van der Waals surface area contributed by atoms with Crippen LogP contribution in [0.2, 0.25) is 0 Å². The lowest BCUT2D eigenvalue weighted by Crippen LogP contribution is -1.95. The van der Waals surface area contributed by atoms with Gasteiger partial charge in [-0.2, -0.15) is 5.10 Å². The highest BCUT2D eigenvalue weighted by Crippen LogP contribution is 2.37. The van der Waals surface area contributed by atoms with Crippen molar-refractivity contribution in [3.63, 3.8) is 0 Å². The summed E-state index contributed by atoms with van der Waals surface area (Å²) in [5.74, 6) is 1.93. The predicted octanol–water partition coefficient (Wildman–Crippen LogP) is 5.98. The van der Waals surface area contributed by atoms with Gasteiger partial charge in [-0.1, -0.05) is 30.3 Å². The number of benzene rings is 2. The van der Waals surface area contributed by atoms with Gasteiger partial charge in [0.2, 0.25) is 0 Å². The highest BCUT2D eigenvalue weighted by atomic mass is 32.1. The van der Waals surface area contributed by atoms with Crippen molar-refractivity contribution in [1.29, 1.82) is 0 Å². The van der Waals surface area contributed by atoms with Crippen molar-refractivity contribution in [3.8, 4) is 28.2 Å². The van der Waals surface area contributed by atoms with Gasteiger partial charge in [-0.15, -0.1) is 11.3 Å². The van der Waals surface area contributed by atoms with E-state index in [2.05, 4.69) is 25.9 Å². The van der Waals surface area contributed by atoms with Crippen LogP contribution in [0.3, 0.4) is 0 Å². The topological polar surface area (TPSA) is 116 Å². The van der Waals surface area contributed by atoms with E-state index in [4.69, 9.17) is 9.15 Å². The zero-order valence-electron chi connectivity index (χ0n) is 17.8. The molecule has 34 heavy (non-hydrogen) atoms. The second kappa shape index (κ2) is 9.12. The number of nitro benzene ring substituents is 1. The fourth-order valence-electron chi connectivity index (χ4n) is 3.52. The molecular formula is C24H17N5O4S. The smallest absolute Gasteiger partial charge is 0.270 e. The number of ether oxygens (including phenoxy) is 1. The summed E-state index contributed by atoms with van der Waals surface area (Å²) in [4.78, 5) is 20.3. The Morgan fingerprint density at radius 3 is 2.76 bits per heavy atom. The van der Waals surface area contributed by atoms with Gasteiger partial charge in [0.05, 0.1) is 29.2 Å². The summed E-state index contributed by atoms with van der Waals surface area (Å²) in [7, 11) is 1.50. The fraction of sp³-hybridized carbons (Fsp3) is 0.0417. The molecule has 0 radical (unpaired) electrons. The lowest BCUT2D eigenvalue weighted by atomic mass is 10.1. The third kappa shape index (κ3) is 4.09. The van der Waals surface area contributed by atoms with Crippen LogP contribution in [0.1, 0.15) is 5.76 Å². The van der Waals surface area contributed by atoms with E-state index >= 15 is 0 Å². The first-order chi connectivity index (χ1) is 16.6. The summed E-state index contributed by atoms with van der Waals surface area (Å²) in [5.41, 5.74) is 5.50. The van der Waals surface area contributed by atoms with E-state index in [1.54, 1.807) is 12.1 Å². The van der Waals surface area contributed by atoms with Crippen molar-refractivity contribution in [2.24, 2.45) is 5.10 Å². The quantitative estimate of drug-likeness (QED) is 0.176. The van der Waals surface area contributed by atoms with Crippen LogP contribution in [0.4, 0.5) is 11.5 Å². The van der Waals surface area contributed by atoms with Gasteiger partial charge in [-0.05, 0) is 23.8 Å². The molecule has 0 saturated heterocycles. The first-order valence-electron chi connectivity index (χ1n) is 10.1. The summed E-state index contributed by atoms with van der Waals surface area (Å²) >= 11 is 1.54. The molecule has 2 aromatic carbocycles. The normalized spacial score (nSPS) is 11.2. The number of fused-ring (bicyclic) bond motifs is 1. The number of non-ortho nitro benzene ring substituents is 1. The maximum Gasteiger partial charge on any atom is 0.270 e. The van der Waals surface area contributed by atoms with Crippen LogP contribution in [-0.2, 0) is 0 Å². The molecule has 0 spiro atoms. The van der Waals surface area contributed by atoms with Gasteiger partial charge in [0, 0.05) is 23.1 Å². The number of nitrogens with zero attached hydrogens (tertiary/aromatic N) is 4. The molecule has 0 aliphatic heterocycles. The molecule has 0 bridgehead atoms. The predicted molar refractivity (Wildman–Crippen MR) is 131 cm³/mol. The Labute approximate surface area is 197 Å². The summed E-state index contributed by atoms with van der Waals surface area (Å²) in [6.45, 7) is 0. The van der Waals surface area contributed by atoms with Crippen LogP contribution < -0.4 is 10.2 Å². The third-order valence-corrected chi connectivity index (χ3v) is 5.99. The summed E-state index contributed by atoms with van der Waals surface area (Å²) in [6, 6.07) is 17.8. The van der Waals surface area contributed by atoms with Crippen LogP contribution in [-0.4, -0.2) is 28.2 Å². The second-order valence-electron chi connectivity index (χ2n) is 7.13. The van der Waals surface area contributed by atoms with Crippen LogP contribution in [0.5, 0.6) is 5.75 Å². The van der Waals surface area contributed by atoms with E-state index in [0.717, 1.165) is 21.3 Å². The molecular weight excluding hydrogens is 454 g/mol. The average molecular weight is 471 g/mol. The maximum absolute atomic E-state index is 11.1. The van der Waals surface area contributed by atoms with Gasteiger partial charge >= 0.3 is 0 Å². The van der Waals surface area contributed by atoms with E-state index in [0.29, 0.717) is 28.7 Å². The van der Waals surface area contributed by atoms with Crippen molar-refractivity contribution in [3.05, 3.63) is 88.2 Å². The van der Waals surface area contributed by atoms with Gasteiger partial charge in [0.1, 0.15) is 28.4 Å². The second-order valence-corrected chi connectivity index (χ2v) is 7.99. The van der Waals surface area contributed by atoms with Crippen LogP contribution >= 0.6 is 11.3 Å². The lowest BCUT2D eigenvalue weighted by Gasteiger charge is -2.05. The molecule has 1 N–H and O–H groups in total. The number of anilines is 1. The fourth-order valence-corrected chi connectivity index (χ4v) is 4.43. The standard InChI is InChI=1S/C24H17N5O4S/c1-32-20-9-7-16(29(30)31)11-18(20)21-10-8-17(33-21)12-27-28-23-22-19(15-5-3-2-4-6-15)13-34-24(22)26-14-25-23/h2-14H,1H3,(H,25,26,28)/b27-12-. The molecule has 168 valence electrons. The molecule has 0 aliphatic rings. The lowest BCUT2D eigenvalue weighted by molar-refractivity contribution is -0.384. The minimum absolute atomic E-state index is 0.0538. The number of methoxy groups -OCH3 is 1. The van der Waals surface area contributed by atoms with Gasteiger partial charge in [0.25, 0.3) is 5.69 Å². The van der Waals surface area contributed by atoms with Crippen molar-refractivity contribution >= 4 is 39.3 Å². The molecule has 0 unspecified atom stereocenters. The Morgan fingerprint density at radius 1 is 1.12 bits per heavy atom. The number of nitro groups is 1. The number of hydrogen-bond acceptors (Lipinski definition) is 9. The minimum atomic E-state index is -0.464. The van der Waals surface area contributed by atoms with Crippen molar-refractivity contribution in [2.45, 2.75) is 0 Å². The Kier molecular flexibility index (Phi) is 5.71. The molecule has 3 aromatic heterocycles. The number of rotatable bonds is 7. The van der Waals surface area contributed by atoms with E-state index in [1.165, 1.54) is 49.2 Å². The number of furan rings is 1. The SMILES string of the molecule is COc1ccc([N+](=O)[O-])cc1-c1ccc(/C=N\Nc2ncnc3scc(-c4ccccc4)c23)o1. The van der Waals surface area contributed by atoms with Crippen molar-refractivity contribution in [2.75, 3.05) is 12.5 Å². The highest BCUT2D eigenvalue weighted by molar-refractivity contribution is 7.17. The molecule has 0 atom stereocenters. The van der Waals surface area contributed by atoms with E-state index < -0.39 is 4.92 Å². The number of aromatic nitrogens is 2. The van der Waals surface area contributed by atoms with E-state index in [-0.39, 0.29) is 5.69 Å². The Balaban J connectivity index is 1.41. The van der Waals surface area contributed by atoms with E-state index in [1.807, 2.05) is 30.3 Å². The molecule has 0 saturated carbocycles. The van der Waals surface area contributed by atoms with Crippen LogP contribution in [0.25, 0.3) is 32.7 Å². The summed E-state index contributed by atoms with van der Waals surface area (Å²) in [6.07, 6.45) is 3.00. The first kappa shape index (κ1) is 21.3. The molecule has 5 rings (SSSR count). The summed E-state index contributed by atoms with van der Waals surface area (Å²) < 4.78 is 11.1. The maximum atomic E-state index is 11.1. The molecule has 3 heterocycles. The van der Waals surface area contributed by atoms with Crippen molar-refractivity contribution in [1.82, 2.24) is 9.97 Å². The number of hydrogen-bond donors (Lipinski definition) is 1. The van der Waals surface area contributed by atoms with Crippen molar-refractivity contribution < 1.29 is 14.1 Å². The minimum Gasteiger partial charge on any atom is -0.496 e. The monoisotopic (exact) mass is 471 g/mol. The average Bonchev–Trinajstić information content (AvgIpc) is 3.52. The Morgan fingerprint density at radius 2 is 1.97 bits per heavy atom. The van der Waals surface area contributed by atoms with Gasteiger partial charge in [0.15, 0.2) is 5.82 Å². The molecule has 10 heteroatoms. The molecule has 5 aromatic rings. The van der Waals surface area contributed by atoms with Crippen LogP contribution in [0, 0.1) is 10.1 Å². The van der Waals surface area contributed by atoms with Gasteiger partial charge in [-0.3, -0.25) is 15.5 Å². The first-order valence-corrected chi connectivity index (χ1v) is 11.0. The van der Waals surface area contributed by atoms with E-state index in [9.17, 15) is 10.1 Å². The third-order valence-electron chi connectivity index (χ3n) is 5.10. The zero-order chi connectivity index (χ0) is 23.5. The Hall–Kier alpha value is -4.57. The van der Waals surface area contributed by atoms with Gasteiger partial charge in [-0.25, -0.2) is 9.97 Å². The molecule has 0 fully saturated rings. The largest absolute Gasteiger partial charge is 0.496 e. The number of nitrogens with one attached hydrogen (secondary N) is 1. The van der Waals surface area contributed by atoms with Crippen LogP contribution in [0.15, 0.2) is 81.9 Å². The summed E-state index contributed by atoms with van der Waals surface area (Å²) in [5, 5.41) is 18.4. The molecule has 0 aliphatic carbocycles. The Bertz CT molecular complexity index is 1510. The molecule has 9 nitrogen and oxygen atoms in total. The highest BCUT2D eigenvalue weighted by Gasteiger charge is 2.16. The number of hydrazone groups is 1.